The molecule has 1 rings (SSSR count). The molecule has 0 saturated heterocycles. The molecule has 0 fully saturated rings. The largest absolute Gasteiger partial charge is 0.373 e. The van der Waals surface area contributed by atoms with Crippen LogP contribution in [0.3, 0.4) is 0 Å². The third-order valence-electron chi connectivity index (χ3n) is 2.88. The SMILES string of the molecule is C=CN(Cc1ccc(CCC)cc1)CC(C)(C)C. The Morgan fingerprint density at radius 1 is 1.11 bits per heavy atom. The summed E-state index contributed by atoms with van der Waals surface area (Å²) >= 11 is 0. The molecule has 0 aromatic heterocycles. The van der Waals surface area contributed by atoms with Crippen LogP contribution >= 0.6 is 0 Å². The van der Waals surface area contributed by atoms with Crippen LogP contribution in [-0.4, -0.2) is 11.4 Å². The van der Waals surface area contributed by atoms with Gasteiger partial charge in [-0.05, 0) is 29.2 Å². The summed E-state index contributed by atoms with van der Waals surface area (Å²) in [5.74, 6) is 0. The first-order chi connectivity index (χ1) is 8.44. The molecular formula is C17H27N. The normalized spacial score (nSPS) is 11.3. The van der Waals surface area contributed by atoms with Gasteiger partial charge in [0.1, 0.15) is 0 Å². The molecule has 0 bridgehead atoms. The standard InChI is InChI=1S/C17H27N/c1-6-8-15-9-11-16(12-10-15)13-18(7-2)14-17(3,4)5/h7,9-12H,2,6,8,13-14H2,1,3-5H3. The van der Waals surface area contributed by atoms with Crippen LogP contribution in [0.1, 0.15) is 45.2 Å². The molecule has 0 saturated carbocycles. The summed E-state index contributed by atoms with van der Waals surface area (Å²) in [7, 11) is 0. The Balaban J connectivity index is 2.62. The Hall–Kier alpha value is -1.24. The van der Waals surface area contributed by atoms with Crippen molar-refractivity contribution in [1.29, 1.82) is 0 Å². The fraction of sp³-hybridized carbons (Fsp3) is 0.529. The van der Waals surface area contributed by atoms with Gasteiger partial charge in [0.2, 0.25) is 0 Å². The van der Waals surface area contributed by atoms with E-state index in [-0.39, 0.29) is 0 Å². The second-order valence-electron chi connectivity index (χ2n) is 6.21. The van der Waals surface area contributed by atoms with Crippen molar-refractivity contribution >= 4 is 0 Å². The topological polar surface area (TPSA) is 3.24 Å². The fourth-order valence-electron chi connectivity index (χ4n) is 2.13. The summed E-state index contributed by atoms with van der Waals surface area (Å²) < 4.78 is 0. The van der Waals surface area contributed by atoms with Gasteiger partial charge >= 0.3 is 0 Å². The van der Waals surface area contributed by atoms with Gasteiger partial charge in [-0.2, -0.15) is 0 Å². The van der Waals surface area contributed by atoms with Crippen LogP contribution in [0.5, 0.6) is 0 Å². The molecule has 100 valence electrons. The maximum Gasteiger partial charge on any atom is 0.0423 e. The van der Waals surface area contributed by atoms with E-state index in [4.69, 9.17) is 0 Å². The molecule has 0 unspecified atom stereocenters. The summed E-state index contributed by atoms with van der Waals surface area (Å²) in [4.78, 5) is 2.29. The number of hydrogen-bond acceptors (Lipinski definition) is 1. The first-order valence-corrected chi connectivity index (χ1v) is 6.89. The first-order valence-electron chi connectivity index (χ1n) is 6.89. The second kappa shape index (κ2) is 6.63. The van der Waals surface area contributed by atoms with E-state index in [0.717, 1.165) is 13.1 Å². The van der Waals surface area contributed by atoms with E-state index in [1.807, 2.05) is 6.20 Å². The predicted molar refractivity (Wildman–Crippen MR) is 80.5 cm³/mol. The maximum absolute atomic E-state index is 3.91. The lowest BCUT2D eigenvalue weighted by molar-refractivity contribution is 0.246. The zero-order chi connectivity index (χ0) is 13.6. The van der Waals surface area contributed by atoms with Gasteiger partial charge in [0.05, 0.1) is 0 Å². The molecule has 0 aliphatic heterocycles. The smallest absolute Gasteiger partial charge is 0.0423 e. The molecule has 0 N–H and O–H groups in total. The number of aryl methyl sites for hydroxylation is 1. The van der Waals surface area contributed by atoms with Crippen LogP contribution in [-0.2, 0) is 13.0 Å². The second-order valence-corrected chi connectivity index (χ2v) is 6.21. The molecule has 1 nitrogen and oxygen atoms in total. The van der Waals surface area contributed by atoms with E-state index in [2.05, 4.69) is 63.4 Å². The molecule has 0 amide bonds. The molecule has 1 aromatic carbocycles. The highest BCUT2D eigenvalue weighted by Gasteiger charge is 2.13. The van der Waals surface area contributed by atoms with Crippen LogP contribution in [0.15, 0.2) is 37.0 Å². The average molecular weight is 245 g/mol. The molecule has 0 spiro atoms. The monoisotopic (exact) mass is 245 g/mol. The zero-order valence-corrected chi connectivity index (χ0v) is 12.4. The van der Waals surface area contributed by atoms with E-state index in [0.29, 0.717) is 5.41 Å². The lowest BCUT2D eigenvalue weighted by atomic mass is 9.96. The van der Waals surface area contributed by atoms with E-state index in [9.17, 15) is 0 Å². The number of benzene rings is 1. The third-order valence-corrected chi connectivity index (χ3v) is 2.88. The predicted octanol–water partition coefficient (Wildman–Crippen LogP) is 4.63. The highest BCUT2D eigenvalue weighted by Crippen LogP contribution is 2.17. The molecule has 0 radical (unpaired) electrons. The van der Waals surface area contributed by atoms with Crippen LogP contribution in [0.2, 0.25) is 0 Å². The molecule has 0 atom stereocenters. The van der Waals surface area contributed by atoms with Crippen molar-refractivity contribution in [2.24, 2.45) is 5.41 Å². The van der Waals surface area contributed by atoms with E-state index in [1.54, 1.807) is 0 Å². The summed E-state index contributed by atoms with van der Waals surface area (Å²) in [6.07, 6.45) is 4.33. The number of rotatable bonds is 6. The van der Waals surface area contributed by atoms with Crippen molar-refractivity contribution in [3.63, 3.8) is 0 Å². The number of hydrogen-bond donors (Lipinski definition) is 0. The maximum atomic E-state index is 3.91. The molecule has 0 heterocycles. The van der Waals surface area contributed by atoms with Gasteiger partial charge in [-0.1, -0.05) is 65.0 Å². The van der Waals surface area contributed by atoms with Gasteiger partial charge in [0.25, 0.3) is 0 Å². The van der Waals surface area contributed by atoms with Crippen molar-refractivity contribution < 1.29 is 0 Å². The van der Waals surface area contributed by atoms with E-state index >= 15 is 0 Å². The van der Waals surface area contributed by atoms with Crippen molar-refractivity contribution in [3.8, 4) is 0 Å². The summed E-state index contributed by atoms with van der Waals surface area (Å²) in [5.41, 5.74) is 3.09. The lowest BCUT2D eigenvalue weighted by Gasteiger charge is -2.28. The molecule has 0 aliphatic rings. The minimum Gasteiger partial charge on any atom is -0.373 e. The van der Waals surface area contributed by atoms with Gasteiger partial charge in [-0.3, -0.25) is 0 Å². The molecule has 0 aliphatic carbocycles. The Bertz CT molecular complexity index is 356. The Labute approximate surface area is 113 Å². The third kappa shape index (κ3) is 5.39. The van der Waals surface area contributed by atoms with Gasteiger partial charge in [0, 0.05) is 13.1 Å². The Morgan fingerprint density at radius 3 is 2.11 bits per heavy atom. The summed E-state index contributed by atoms with van der Waals surface area (Å²) in [6, 6.07) is 8.97. The molecule has 1 aromatic rings. The number of nitrogens with zero attached hydrogens (tertiary/aromatic N) is 1. The minimum absolute atomic E-state index is 0.302. The summed E-state index contributed by atoms with van der Waals surface area (Å²) in [5, 5.41) is 0. The van der Waals surface area contributed by atoms with Crippen molar-refractivity contribution in [2.75, 3.05) is 6.54 Å². The van der Waals surface area contributed by atoms with Crippen LogP contribution in [0.25, 0.3) is 0 Å². The van der Waals surface area contributed by atoms with Crippen LogP contribution in [0, 0.1) is 5.41 Å². The van der Waals surface area contributed by atoms with Crippen molar-refractivity contribution in [1.82, 2.24) is 4.90 Å². The molecule has 18 heavy (non-hydrogen) atoms. The van der Waals surface area contributed by atoms with Crippen LogP contribution < -0.4 is 0 Å². The van der Waals surface area contributed by atoms with E-state index < -0.39 is 0 Å². The van der Waals surface area contributed by atoms with Crippen molar-refractivity contribution in [2.45, 2.75) is 47.1 Å². The zero-order valence-electron chi connectivity index (χ0n) is 12.4. The Morgan fingerprint density at radius 2 is 1.67 bits per heavy atom. The average Bonchev–Trinajstić information content (AvgIpc) is 2.29. The highest BCUT2D eigenvalue weighted by molar-refractivity contribution is 5.22. The summed E-state index contributed by atoms with van der Waals surface area (Å²) in [6.45, 7) is 14.9. The van der Waals surface area contributed by atoms with Crippen molar-refractivity contribution in [3.05, 3.63) is 48.2 Å². The van der Waals surface area contributed by atoms with E-state index in [1.165, 1.54) is 24.0 Å². The van der Waals surface area contributed by atoms with Gasteiger partial charge in [-0.15, -0.1) is 0 Å². The Kier molecular flexibility index (Phi) is 5.46. The first kappa shape index (κ1) is 14.8. The molecular weight excluding hydrogens is 218 g/mol. The molecule has 1 heteroatoms. The van der Waals surface area contributed by atoms with Gasteiger partial charge in [-0.25, -0.2) is 0 Å². The minimum atomic E-state index is 0.302. The van der Waals surface area contributed by atoms with Crippen LogP contribution in [0.4, 0.5) is 0 Å². The highest BCUT2D eigenvalue weighted by atomic mass is 15.1. The lowest BCUT2D eigenvalue weighted by Crippen LogP contribution is -2.27. The van der Waals surface area contributed by atoms with Gasteiger partial charge in [0.15, 0.2) is 0 Å². The fourth-order valence-corrected chi connectivity index (χ4v) is 2.13. The quantitative estimate of drug-likeness (QED) is 0.706. The van der Waals surface area contributed by atoms with Gasteiger partial charge < -0.3 is 4.90 Å².